The van der Waals surface area contributed by atoms with Gasteiger partial charge in [-0.25, -0.2) is 0 Å². The summed E-state index contributed by atoms with van der Waals surface area (Å²) in [6, 6.07) is 6.76. The van der Waals surface area contributed by atoms with Gasteiger partial charge in [-0.1, -0.05) is 25.1 Å². The summed E-state index contributed by atoms with van der Waals surface area (Å²) >= 11 is 0. The highest BCUT2D eigenvalue weighted by Gasteiger charge is 2.21. The first-order chi connectivity index (χ1) is 8.86. The van der Waals surface area contributed by atoms with Crippen molar-refractivity contribution in [3.8, 4) is 0 Å². The molecule has 1 N–H and O–H groups in total. The maximum atomic E-state index is 10.9. The Balaban J connectivity index is 2.91. The number of benzene rings is 1. The number of rotatable bonds is 6. The highest BCUT2D eigenvalue weighted by Crippen LogP contribution is 2.25. The lowest BCUT2D eigenvalue weighted by Crippen LogP contribution is -2.36. The highest BCUT2D eigenvalue weighted by molar-refractivity contribution is 5.67. The van der Waals surface area contributed by atoms with Crippen LogP contribution < -0.4 is 0 Å². The number of aryl methyl sites for hydroxylation is 2. The van der Waals surface area contributed by atoms with Gasteiger partial charge in [0, 0.05) is 12.1 Å². The van der Waals surface area contributed by atoms with Gasteiger partial charge in [-0.3, -0.25) is 9.69 Å². The van der Waals surface area contributed by atoms with Gasteiger partial charge in [0.15, 0.2) is 0 Å². The Morgan fingerprint density at radius 2 is 1.89 bits per heavy atom. The van der Waals surface area contributed by atoms with Gasteiger partial charge in [0.1, 0.15) is 0 Å². The number of hydrogen-bond acceptors (Lipinski definition) is 2. The molecule has 1 aromatic rings. The minimum Gasteiger partial charge on any atom is -0.481 e. The molecule has 2 unspecified atom stereocenters. The molecule has 3 nitrogen and oxygen atoms in total. The van der Waals surface area contributed by atoms with E-state index in [0.29, 0.717) is 0 Å². The average molecular weight is 263 g/mol. The first kappa shape index (κ1) is 15.7. The normalized spacial score (nSPS) is 14.4. The van der Waals surface area contributed by atoms with E-state index in [9.17, 15) is 4.79 Å². The van der Waals surface area contributed by atoms with Crippen LogP contribution in [0, 0.1) is 13.8 Å². The largest absolute Gasteiger partial charge is 0.481 e. The van der Waals surface area contributed by atoms with Crippen LogP contribution in [0.25, 0.3) is 0 Å². The Bertz CT molecular complexity index is 442. The van der Waals surface area contributed by atoms with Crippen LogP contribution in [0.1, 0.15) is 49.9 Å². The third-order valence-electron chi connectivity index (χ3n) is 3.91. The number of hydrogen-bond donors (Lipinski definition) is 1. The van der Waals surface area contributed by atoms with Crippen LogP contribution in [0.15, 0.2) is 18.2 Å². The van der Waals surface area contributed by atoms with Crippen LogP contribution in [0.4, 0.5) is 0 Å². The second-order valence-electron chi connectivity index (χ2n) is 5.30. The second-order valence-corrected chi connectivity index (χ2v) is 5.30. The fourth-order valence-corrected chi connectivity index (χ4v) is 2.55. The lowest BCUT2D eigenvalue weighted by atomic mass is 9.99. The van der Waals surface area contributed by atoms with Crippen molar-refractivity contribution in [3.63, 3.8) is 0 Å². The molecule has 0 aliphatic rings. The number of aliphatic carboxylic acids is 1. The van der Waals surface area contributed by atoms with E-state index in [0.717, 1.165) is 6.54 Å². The lowest BCUT2D eigenvalue weighted by Gasteiger charge is -2.33. The van der Waals surface area contributed by atoms with Gasteiger partial charge in [-0.05, 0) is 50.9 Å². The maximum Gasteiger partial charge on any atom is 0.304 e. The molecule has 0 heterocycles. The molecule has 106 valence electrons. The van der Waals surface area contributed by atoms with E-state index in [2.05, 4.69) is 50.8 Å². The molecule has 0 saturated heterocycles. The summed E-state index contributed by atoms with van der Waals surface area (Å²) in [5.41, 5.74) is 3.83. The molecule has 1 aromatic carbocycles. The first-order valence-corrected chi connectivity index (χ1v) is 6.91. The Labute approximate surface area is 116 Å². The van der Waals surface area contributed by atoms with Crippen LogP contribution in [0.2, 0.25) is 0 Å². The molecule has 0 spiro atoms. The molecule has 0 radical (unpaired) electrons. The van der Waals surface area contributed by atoms with E-state index in [1.54, 1.807) is 0 Å². The summed E-state index contributed by atoms with van der Waals surface area (Å²) in [5, 5.41) is 8.93. The lowest BCUT2D eigenvalue weighted by molar-refractivity contribution is -0.138. The third kappa shape index (κ3) is 4.06. The van der Waals surface area contributed by atoms with Gasteiger partial charge in [0.05, 0.1) is 6.42 Å². The Kier molecular flexibility index (Phi) is 5.55. The van der Waals surface area contributed by atoms with Crippen molar-refractivity contribution in [2.75, 3.05) is 6.54 Å². The van der Waals surface area contributed by atoms with Crippen LogP contribution in [0.3, 0.4) is 0 Å². The molecular formula is C16H25NO2. The molecular weight excluding hydrogens is 238 g/mol. The van der Waals surface area contributed by atoms with Crippen molar-refractivity contribution in [2.24, 2.45) is 0 Å². The van der Waals surface area contributed by atoms with Gasteiger partial charge >= 0.3 is 5.97 Å². The standard InChI is InChI=1S/C16H25NO2/c1-6-17(13(4)10-16(18)19)14(5)15-8-7-11(2)12(3)9-15/h7-9,13-14H,6,10H2,1-5H3,(H,18,19). The zero-order valence-electron chi connectivity index (χ0n) is 12.6. The topological polar surface area (TPSA) is 40.5 Å². The fraction of sp³-hybridized carbons (Fsp3) is 0.562. The van der Waals surface area contributed by atoms with Gasteiger partial charge in [0.2, 0.25) is 0 Å². The summed E-state index contributed by atoms with van der Waals surface area (Å²) < 4.78 is 0. The van der Waals surface area contributed by atoms with Crippen LogP contribution in [-0.4, -0.2) is 28.6 Å². The summed E-state index contributed by atoms with van der Waals surface area (Å²) in [6.45, 7) is 11.3. The molecule has 3 heteroatoms. The van der Waals surface area contributed by atoms with Crippen molar-refractivity contribution in [2.45, 2.75) is 53.1 Å². The smallest absolute Gasteiger partial charge is 0.304 e. The predicted molar refractivity (Wildman–Crippen MR) is 78.4 cm³/mol. The molecule has 19 heavy (non-hydrogen) atoms. The Morgan fingerprint density at radius 1 is 1.26 bits per heavy atom. The Hall–Kier alpha value is -1.35. The SMILES string of the molecule is CCN(C(C)CC(=O)O)C(C)c1ccc(C)c(C)c1. The summed E-state index contributed by atoms with van der Waals surface area (Å²) in [5.74, 6) is -0.738. The molecule has 0 aliphatic carbocycles. The average Bonchev–Trinajstić information content (AvgIpc) is 2.32. The molecule has 2 atom stereocenters. The van der Waals surface area contributed by atoms with Crippen molar-refractivity contribution >= 4 is 5.97 Å². The zero-order chi connectivity index (χ0) is 14.6. The molecule has 0 bridgehead atoms. The van der Waals surface area contributed by atoms with Gasteiger partial charge in [-0.15, -0.1) is 0 Å². The van der Waals surface area contributed by atoms with Gasteiger partial charge in [0.25, 0.3) is 0 Å². The second kappa shape index (κ2) is 6.71. The van der Waals surface area contributed by atoms with Crippen molar-refractivity contribution in [1.82, 2.24) is 4.90 Å². The number of nitrogens with zero attached hydrogens (tertiary/aromatic N) is 1. The van der Waals surface area contributed by atoms with Crippen LogP contribution >= 0.6 is 0 Å². The molecule has 0 amide bonds. The minimum atomic E-state index is -0.738. The number of carbonyl (C=O) groups is 1. The van der Waals surface area contributed by atoms with Gasteiger partial charge in [-0.2, -0.15) is 0 Å². The maximum absolute atomic E-state index is 10.9. The van der Waals surface area contributed by atoms with Crippen LogP contribution in [-0.2, 0) is 4.79 Å². The molecule has 1 rings (SSSR count). The minimum absolute atomic E-state index is 0.0408. The summed E-state index contributed by atoms with van der Waals surface area (Å²) in [6.07, 6.45) is 0.184. The first-order valence-electron chi connectivity index (χ1n) is 6.91. The van der Waals surface area contributed by atoms with E-state index in [4.69, 9.17) is 5.11 Å². The molecule has 0 aliphatic heterocycles. The fourth-order valence-electron chi connectivity index (χ4n) is 2.55. The van der Waals surface area contributed by atoms with Crippen molar-refractivity contribution in [3.05, 3.63) is 34.9 Å². The quantitative estimate of drug-likeness (QED) is 0.853. The predicted octanol–water partition coefficient (Wildman–Crippen LogP) is 3.55. The summed E-state index contributed by atoms with van der Waals surface area (Å²) in [4.78, 5) is 13.1. The van der Waals surface area contributed by atoms with Gasteiger partial charge < -0.3 is 5.11 Å². The van der Waals surface area contributed by atoms with E-state index < -0.39 is 5.97 Å². The summed E-state index contributed by atoms with van der Waals surface area (Å²) in [7, 11) is 0. The van der Waals surface area contributed by atoms with E-state index in [1.807, 2.05) is 6.92 Å². The van der Waals surface area contributed by atoms with Crippen LogP contribution in [0.5, 0.6) is 0 Å². The molecule has 0 aromatic heterocycles. The van der Waals surface area contributed by atoms with Crippen molar-refractivity contribution < 1.29 is 9.90 Å². The molecule has 0 saturated carbocycles. The van der Waals surface area contributed by atoms with E-state index >= 15 is 0 Å². The van der Waals surface area contributed by atoms with E-state index in [-0.39, 0.29) is 18.5 Å². The Morgan fingerprint density at radius 3 is 2.37 bits per heavy atom. The zero-order valence-corrected chi connectivity index (χ0v) is 12.6. The number of carboxylic acid groups (broad SMARTS) is 1. The third-order valence-corrected chi connectivity index (χ3v) is 3.91. The monoisotopic (exact) mass is 263 g/mol. The molecule has 0 fully saturated rings. The van der Waals surface area contributed by atoms with E-state index in [1.165, 1.54) is 16.7 Å². The highest BCUT2D eigenvalue weighted by atomic mass is 16.4. The number of carboxylic acids is 1. The van der Waals surface area contributed by atoms with Crippen molar-refractivity contribution in [1.29, 1.82) is 0 Å².